The minimum absolute atomic E-state index is 0.207. The van der Waals surface area contributed by atoms with Crippen molar-refractivity contribution in [3.8, 4) is 0 Å². The predicted molar refractivity (Wildman–Crippen MR) is 72.7 cm³/mol. The monoisotopic (exact) mass is 236 g/mol. The molecule has 2 heteroatoms. The van der Waals surface area contributed by atoms with Crippen molar-refractivity contribution in [2.75, 3.05) is 6.61 Å². The number of esters is 1. The first kappa shape index (κ1) is 15.7. The molecule has 0 aliphatic rings. The summed E-state index contributed by atoms with van der Waals surface area (Å²) >= 11 is 0. The van der Waals surface area contributed by atoms with Crippen LogP contribution in [0.25, 0.3) is 0 Å². The quantitative estimate of drug-likeness (QED) is 0.492. The zero-order valence-corrected chi connectivity index (χ0v) is 11.5. The first-order valence-corrected chi connectivity index (χ1v) is 5.91. The van der Waals surface area contributed by atoms with Gasteiger partial charge in [-0.1, -0.05) is 36.0 Å². The maximum Gasteiger partial charge on any atom is 0.309 e. The average Bonchev–Trinajstić information content (AvgIpc) is 2.15. The Morgan fingerprint density at radius 2 is 1.82 bits per heavy atom. The summed E-state index contributed by atoms with van der Waals surface area (Å²) in [6.45, 7) is 15.9. The highest BCUT2D eigenvalue weighted by molar-refractivity contribution is 5.72. The normalized spacial score (nSPS) is 11.5. The summed E-state index contributed by atoms with van der Waals surface area (Å²) in [5.74, 6) is -0.0000728. The number of allylic oxidation sites excluding steroid dienone is 2. The summed E-state index contributed by atoms with van der Waals surface area (Å²) in [5.41, 5.74) is 3.14. The summed E-state index contributed by atoms with van der Waals surface area (Å²) in [7, 11) is 0. The molecule has 0 aliphatic carbocycles. The molecule has 0 aromatic heterocycles. The largest absolute Gasteiger partial charge is 0.465 e. The van der Waals surface area contributed by atoms with Crippen molar-refractivity contribution >= 4 is 5.97 Å². The van der Waals surface area contributed by atoms with E-state index < -0.39 is 0 Å². The second-order valence-electron chi connectivity index (χ2n) is 4.88. The third kappa shape index (κ3) is 8.49. The number of ether oxygens (including phenoxy) is 1. The highest BCUT2D eigenvalue weighted by Gasteiger charge is 2.11. The van der Waals surface area contributed by atoms with Crippen LogP contribution < -0.4 is 0 Å². The zero-order valence-electron chi connectivity index (χ0n) is 11.5. The van der Waals surface area contributed by atoms with Crippen LogP contribution in [0.1, 0.15) is 40.5 Å². The van der Waals surface area contributed by atoms with Crippen LogP contribution in [-0.2, 0) is 9.53 Å². The molecule has 0 radical (unpaired) electrons. The maximum absolute atomic E-state index is 11.4. The third-order valence-electron chi connectivity index (χ3n) is 2.40. The average molecular weight is 236 g/mol. The molecule has 0 N–H and O–H groups in total. The van der Waals surface area contributed by atoms with Crippen molar-refractivity contribution in [3.63, 3.8) is 0 Å². The van der Waals surface area contributed by atoms with Gasteiger partial charge in [0.15, 0.2) is 0 Å². The van der Waals surface area contributed by atoms with Gasteiger partial charge in [0.2, 0.25) is 0 Å². The molecule has 96 valence electrons. The van der Waals surface area contributed by atoms with E-state index in [2.05, 4.69) is 33.1 Å². The Kier molecular flexibility index (Phi) is 7.27. The molecule has 0 aromatic carbocycles. The molecule has 0 amide bonds. The van der Waals surface area contributed by atoms with Crippen molar-refractivity contribution in [1.82, 2.24) is 0 Å². The minimum atomic E-state index is -0.207. The van der Waals surface area contributed by atoms with E-state index in [0.717, 1.165) is 17.6 Å². The van der Waals surface area contributed by atoms with Gasteiger partial charge < -0.3 is 4.74 Å². The van der Waals surface area contributed by atoms with E-state index in [9.17, 15) is 4.79 Å². The number of carbonyl (C=O) groups is 1. The Bertz CT molecular complexity index is 320. The van der Waals surface area contributed by atoms with E-state index in [4.69, 9.17) is 4.74 Å². The molecular formula is C15H24O2. The SMILES string of the molecule is C=C(C)CC(=O)OC[C@H](CC=C(C)C)C(=C)C. The lowest BCUT2D eigenvalue weighted by Crippen LogP contribution is -2.14. The number of rotatable bonds is 7. The van der Waals surface area contributed by atoms with Crippen LogP contribution in [0.15, 0.2) is 36.0 Å². The third-order valence-corrected chi connectivity index (χ3v) is 2.40. The van der Waals surface area contributed by atoms with Crippen LogP contribution in [-0.4, -0.2) is 12.6 Å². The molecule has 2 nitrogen and oxygen atoms in total. The van der Waals surface area contributed by atoms with Gasteiger partial charge in [-0.2, -0.15) is 0 Å². The van der Waals surface area contributed by atoms with Gasteiger partial charge in [0.05, 0.1) is 13.0 Å². The van der Waals surface area contributed by atoms with Crippen LogP contribution in [0.4, 0.5) is 0 Å². The van der Waals surface area contributed by atoms with E-state index in [0.29, 0.717) is 13.0 Å². The van der Waals surface area contributed by atoms with Gasteiger partial charge in [-0.15, -0.1) is 0 Å². The lowest BCUT2D eigenvalue weighted by molar-refractivity contribution is -0.143. The second kappa shape index (κ2) is 7.88. The van der Waals surface area contributed by atoms with Gasteiger partial charge in [0.1, 0.15) is 0 Å². The number of carbonyl (C=O) groups excluding carboxylic acids is 1. The molecule has 0 aliphatic heterocycles. The lowest BCUT2D eigenvalue weighted by atomic mass is 9.98. The van der Waals surface area contributed by atoms with Gasteiger partial charge in [-0.25, -0.2) is 0 Å². The summed E-state index contributed by atoms with van der Waals surface area (Å²) in [4.78, 5) is 11.4. The first-order chi connectivity index (χ1) is 7.82. The van der Waals surface area contributed by atoms with Crippen LogP contribution in [0.5, 0.6) is 0 Å². The van der Waals surface area contributed by atoms with Crippen molar-refractivity contribution in [2.24, 2.45) is 5.92 Å². The first-order valence-electron chi connectivity index (χ1n) is 5.91. The van der Waals surface area contributed by atoms with Crippen molar-refractivity contribution in [2.45, 2.75) is 40.5 Å². The van der Waals surface area contributed by atoms with Crippen molar-refractivity contribution < 1.29 is 9.53 Å². The van der Waals surface area contributed by atoms with Crippen LogP contribution in [0.2, 0.25) is 0 Å². The molecule has 0 heterocycles. The van der Waals surface area contributed by atoms with Crippen LogP contribution in [0.3, 0.4) is 0 Å². The summed E-state index contributed by atoms with van der Waals surface area (Å²) < 4.78 is 5.22. The smallest absolute Gasteiger partial charge is 0.309 e. The molecule has 0 saturated carbocycles. The molecule has 0 aromatic rings. The lowest BCUT2D eigenvalue weighted by Gasteiger charge is -2.15. The van der Waals surface area contributed by atoms with E-state index >= 15 is 0 Å². The Morgan fingerprint density at radius 1 is 1.24 bits per heavy atom. The van der Waals surface area contributed by atoms with Crippen molar-refractivity contribution in [1.29, 1.82) is 0 Å². The molecule has 0 bridgehead atoms. The Hall–Kier alpha value is -1.31. The Labute approximate surface area is 105 Å². The van der Waals surface area contributed by atoms with Crippen molar-refractivity contribution in [3.05, 3.63) is 36.0 Å². The molecule has 1 atom stereocenters. The van der Waals surface area contributed by atoms with E-state index in [1.54, 1.807) is 0 Å². The summed E-state index contributed by atoms with van der Waals surface area (Å²) in [5, 5.41) is 0. The molecule has 17 heavy (non-hydrogen) atoms. The fourth-order valence-corrected chi connectivity index (χ4v) is 1.28. The topological polar surface area (TPSA) is 26.3 Å². The van der Waals surface area contributed by atoms with Gasteiger partial charge in [0, 0.05) is 5.92 Å². The fourth-order valence-electron chi connectivity index (χ4n) is 1.28. The predicted octanol–water partition coefficient (Wildman–Crippen LogP) is 4.04. The highest BCUT2D eigenvalue weighted by atomic mass is 16.5. The maximum atomic E-state index is 11.4. The molecular weight excluding hydrogens is 212 g/mol. The highest BCUT2D eigenvalue weighted by Crippen LogP contribution is 2.16. The van der Waals surface area contributed by atoms with E-state index in [1.807, 2.05) is 13.8 Å². The number of hydrogen-bond acceptors (Lipinski definition) is 2. The molecule has 0 saturated heterocycles. The van der Waals surface area contributed by atoms with E-state index in [-0.39, 0.29) is 11.9 Å². The minimum Gasteiger partial charge on any atom is -0.465 e. The molecule has 0 unspecified atom stereocenters. The molecule has 0 rings (SSSR count). The Morgan fingerprint density at radius 3 is 2.24 bits per heavy atom. The fraction of sp³-hybridized carbons (Fsp3) is 0.533. The second-order valence-corrected chi connectivity index (χ2v) is 4.88. The standard InChI is InChI=1S/C15H24O2/c1-11(2)7-8-14(13(5)6)10-17-15(16)9-12(3)4/h7,14H,3,5,8-10H2,1-2,4,6H3/t14-/m0/s1. The Balaban J connectivity index is 4.18. The van der Waals surface area contributed by atoms with Gasteiger partial charge in [-0.3, -0.25) is 4.79 Å². The van der Waals surface area contributed by atoms with E-state index in [1.165, 1.54) is 5.57 Å². The summed E-state index contributed by atoms with van der Waals surface area (Å²) in [6.07, 6.45) is 3.31. The summed E-state index contributed by atoms with van der Waals surface area (Å²) in [6, 6.07) is 0. The van der Waals surface area contributed by atoms with Gasteiger partial charge >= 0.3 is 5.97 Å². The molecule has 0 spiro atoms. The van der Waals surface area contributed by atoms with Crippen LogP contribution in [0, 0.1) is 5.92 Å². The van der Waals surface area contributed by atoms with Crippen LogP contribution >= 0.6 is 0 Å². The van der Waals surface area contributed by atoms with Gasteiger partial charge in [-0.05, 0) is 34.1 Å². The molecule has 0 fully saturated rings. The zero-order chi connectivity index (χ0) is 13.4. The number of hydrogen-bond donors (Lipinski definition) is 0. The van der Waals surface area contributed by atoms with Gasteiger partial charge in [0.25, 0.3) is 0 Å².